The second-order valence-corrected chi connectivity index (χ2v) is 5.74. The van der Waals surface area contributed by atoms with Crippen LogP contribution in [0, 0.1) is 0 Å². The minimum Gasteiger partial charge on any atom is -0.331 e. The van der Waals surface area contributed by atoms with Crippen molar-refractivity contribution in [1.29, 1.82) is 0 Å². The van der Waals surface area contributed by atoms with E-state index in [1.54, 1.807) is 24.3 Å². The average molecular weight is 279 g/mol. The Morgan fingerprint density at radius 3 is 2.32 bits per heavy atom. The first-order valence-electron chi connectivity index (χ1n) is 6.50. The highest BCUT2D eigenvalue weighted by Gasteiger charge is 2.45. The molecule has 100 valence electrons. The highest BCUT2D eigenvalue weighted by molar-refractivity contribution is 6.30. The van der Waals surface area contributed by atoms with Crippen LogP contribution in [0.1, 0.15) is 32.1 Å². The molecule has 3 rings (SSSR count). The molecule has 1 heterocycles. The summed E-state index contributed by atoms with van der Waals surface area (Å²) in [6, 6.07) is 6.41. The molecule has 0 radical (unpaired) electrons. The fourth-order valence-electron chi connectivity index (χ4n) is 3.01. The van der Waals surface area contributed by atoms with Crippen molar-refractivity contribution in [3.05, 3.63) is 29.3 Å². The van der Waals surface area contributed by atoms with Crippen molar-refractivity contribution in [2.24, 2.45) is 0 Å². The van der Waals surface area contributed by atoms with Crippen LogP contribution in [0.15, 0.2) is 24.3 Å². The second-order valence-electron chi connectivity index (χ2n) is 5.30. The molecule has 1 N–H and O–H groups in total. The smallest absolute Gasteiger partial charge is 0.329 e. The van der Waals surface area contributed by atoms with Crippen molar-refractivity contribution in [2.75, 3.05) is 4.90 Å². The summed E-state index contributed by atoms with van der Waals surface area (Å²) in [6.07, 6.45) is 4.35. The van der Waals surface area contributed by atoms with Gasteiger partial charge in [-0.05, 0) is 37.1 Å². The van der Waals surface area contributed by atoms with Gasteiger partial charge in [0, 0.05) is 5.02 Å². The summed E-state index contributed by atoms with van der Waals surface area (Å²) in [5.74, 6) is -0.132. The number of nitrogens with zero attached hydrogens (tertiary/aromatic N) is 1. The van der Waals surface area contributed by atoms with E-state index >= 15 is 0 Å². The molecule has 2 fully saturated rings. The Labute approximate surface area is 116 Å². The summed E-state index contributed by atoms with van der Waals surface area (Å²) in [4.78, 5) is 25.7. The van der Waals surface area contributed by atoms with Crippen molar-refractivity contribution >= 4 is 29.2 Å². The number of imide groups is 1. The maximum absolute atomic E-state index is 12.3. The molecule has 3 amide bonds. The topological polar surface area (TPSA) is 49.4 Å². The Morgan fingerprint density at radius 1 is 1.11 bits per heavy atom. The van der Waals surface area contributed by atoms with Gasteiger partial charge in [-0.1, -0.05) is 24.4 Å². The van der Waals surface area contributed by atoms with E-state index in [9.17, 15) is 9.59 Å². The largest absolute Gasteiger partial charge is 0.331 e. The monoisotopic (exact) mass is 278 g/mol. The van der Waals surface area contributed by atoms with Crippen molar-refractivity contribution in [1.82, 2.24) is 5.32 Å². The number of nitrogens with one attached hydrogen (secondary N) is 1. The number of urea groups is 1. The van der Waals surface area contributed by atoms with Crippen molar-refractivity contribution in [3.63, 3.8) is 0 Å². The van der Waals surface area contributed by atoms with E-state index in [-0.39, 0.29) is 17.5 Å². The SMILES string of the molecule is O=C1CC2(CCCC2)NC(=O)N1c1ccc(Cl)cc1. The number of carbonyl (C=O) groups excluding carboxylic acids is 2. The number of amides is 3. The number of benzene rings is 1. The van der Waals surface area contributed by atoms with Gasteiger partial charge >= 0.3 is 6.03 Å². The summed E-state index contributed by atoms with van der Waals surface area (Å²) >= 11 is 5.82. The molecule has 0 aromatic heterocycles. The van der Waals surface area contributed by atoms with E-state index in [4.69, 9.17) is 11.6 Å². The van der Waals surface area contributed by atoms with E-state index in [0.717, 1.165) is 25.7 Å². The van der Waals surface area contributed by atoms with E-state index < -0.39 is 0 Å². The number of carbonyl (C=O) groups is 2. The van der Waals surface area contributed by atoms with Gasteiger partial charge in [-0.25, -0.2) is 9.69 Å². The molecule has 19 heavy (non-hydrogen) atoms. The number of anilines is 1. The third kappa shape index (κ3) is 2.21. The molecular weight excluding hydrogens is 264 g/mol. The molecule has 1 saturated carbocycles. The lowest BCUT2D eigenvalue weighted by Crippen LogP contribution is -2.61. The summed E-state index contributed by atoms with van der Waals surface area (Å²) in [5.41, 5.74) is 0.275. The Morgan fingerprint density at radius 2 is 1.74 bits per heavy atom. The fourth-order valence-corrected chi connectivity index (χ4v) is 3.14. The van der Waals surface area contributed by atoms with Crippen LogP contribution >= 0.6 is 11.6 Å². The van der Waals surface area contributed by atoms with Crippen molar-refractivity contribution in [3.8, 4) is 0 Å². The Hall–Kier alpha value is -1.55. The predicted molar refractivity (Wildman–Crippen MR) is 73.3 cm³/mol. The van der Waals surface area contributed by atoms with Crippen LogP contribution in [0.3, 0.4) is 0 Å². The molecule has 1 aromatic carbocycles. The van der Waals surface area contributed by atoms with Crippen LogP contribution < -0.4 is 10.2 Å². The van der Waals surface area contributed by atoms with Crippen LogP contribution in [0.4, 0.5) is 10.5 Å². The third-order valence-electron chi connectivity index (χ3n) is 3.96. The molecule has 0 unspecified atom stereocenters. The maximum Gasteiger partial charge on any atom is 0.329 e. The minimum atomic E-state index is -0.319. The van der Waals surface area contributed by atoms with Crippen LogP contribution in [0.25, 0.3) is 0 Å². The molecule has 5 heteroatoms. The zero-order valence-electron chi connectivity index (χ0n) is 10.5. The molecule has 1 saturated heterocycles. The third-order valence-corrected chi connectivity index (χ3v) is 4.21. The highest BCUT2D eigenvalue weighted by atomic mass is 35.5. The Bertz CT molecular complexity index is 501. The lowest BCUT2D eigenvalue weighted by Gasteiger charge is -2.38. The van der Waals surface area contributed by atoms with E-state index in [1.165, 1.54) is 4.90 Å². The van der Waals surface area contributed by atoms with E-state index in [0.29, 0.717) is 17.1 Å². The fraction of sp³-hybridized carbons (Fsp3) is 0.429. The van der Waals surface area contributed by atoms with Gasteiger partial charge in [-0.15, -0.1) is 0 Å². The first-order valence-corrected chi connectivity index (χ1v) is 6.88. The zero-order valence-corrected chi connectivity index (χ0v) is 11.2. The van der Waals surface area contributed by atoms with Gasteiger partial charge in [0.25, 0.3) is 0 Å². The molecule has 0 atom stereocenters. The molecular formula is C14H15ClN2O2. The van der Waals surface area contributed by atoms with E-state index in [2.05, 4.69) is 5.32 Å². The highest BCUT2D eigenvalue weighted by Crippen LogP contribution is 2.36. The number of hydrogen-bond donors (Lipinski definition) is 1. The van der Waals surface area contributed by atoms with Crippen LogP contribution in [0.2, 0.25) is 5.02 Å². The Kier molecular flexibility index (Phi) is 2.97. The first-order chi connectivity index (χ1) is 9.10. The first kappa shape index (κ1) is 12.5. The minimum absolute atomic E-state index is 0.132. The van der Waals surface area contributed by atoms with Crippen LogP contribution in [-0.4, -0.2) is 17.5 Å². The van der Waals surface area contributed by atoms with E-state index in [1.807, 2.05) is 0 Å². The van der Waals surface area contributed by atoms with Crippen molar-refractivity contribution < 1.29 is 9.59 Å². The number of halogens is 1. The molecule has 0 bridgehead atoms. The van der Waals surface area contributed by atoms with Crippen molar-refractivity contribution in [2.45, 2.75) is 37.6 Å². The normalized spacial score (nSPS) is 21.8. The lowest BCUT2D eigenvalue weighted by molar-refractivity contribution is -0.120. The summed E-state index contributed by atoms with van der Waals surface area (Å²) in [5, 5.41) is 3.60. The molecule has 2 aliphatic rings. The lowest BCUT2D eigenvalue weighted by atomic mass is 9.90. The van der Waals surface area contributed by atoms with Gasteiger partial charge < -0.3 is 5.32 Å². The molecule has 1 aliphatic carbocycles. The van der Waals surface area contributed by atoms with Gasteiger partial charge in [0.2, 0.25) is 5.91 Å². The molecule has 4 nitrogen and oxygen atoms in total. The number of hydrogen-bond acceptors (Lipinski definition) is 2. The summed E-state index contributed by atoms with van der Waals surface area (Å²) in [7, 11) is 0. The Balaban J connectivity index is 1.86. The summed E-state index contributed by atoms with van der Waals surface area (Å²) in [6.45, 7) is 0. The second kappa shape index (κ2) is 4.53. The van der Waals surface area contributed by atoms with Gasteiger partial charge in [0.05, 0.1) is 17.6 Å². The quantitative estimate of drug-likeness (QED) is 0.858. The summed E-state index contributed by atoms with van der Waals surface area (Å²) < 4.78 is 0. The van der Waals surface area contributed by atoms with Gasteiger partial charge in [0.15, 0.2) is 0 Å². The molecule has 1 aromatic rings. The van der Waals surface area contributed by atoms with Crippen LogP contribution in [0.5, 0.6) is 0 Å². The van der Waals surface area contributed by atoms with Crippen LogP contribution in [-0.2, 0) is 4.79 Å². The average Bonchev–Trinajstić information content (AvgIpc) is 2.78. The maximum atomic E-state index is 12.3. The molecule has 1 aliphatic heterocycles. The van der Waals surface area contributed by atoms with Gasteiger partial charge in [-0.2, -0.15) is 0 Å². The molecule has 1 spiro atoms. The van der Waals surface area contributed by atoms with Gasteiger partial charge in [-0.3, -0.25) is 4.79 Å². The predicted octanol–water partition coefficient (Wildman–Crippen LogP) is 3.10. The number of rotatable bonds is 1. The zero-order chi connectivity index (χ0) is 13.5. The standard InChI is InChI=1S/C14H15ClN2O2/c15-10-3-5-11(6-4-10)17-12(18)9-14(16-13(17)19)7-1-2-8-14/h3-6H,1-2,7-9H2,(H,16,19). The van der Waals surface area contributed by atoms with Gasteiger partial charge in [0.1, 0.15) is 0 Å².